The third-order valence-electron chi connectivity index (χ3n) is 13.3. The van der Waals surface area contributed by atoms with Gasteiger partial charge in [-0.2, -0.15) is 0 Å². The maximum atomic E-state index is 12.1. The Balaban J connectivity index is 1.62. The van der Waals surface area contributed by atoms with Crippen molar-refractivity contribution in [1.82, 2.24) is 0 Å². The van der Waals surface area contributed by atoms with Crippen molar-refractivity contribution in [3.05, 3.63) is 11.1 Å². The van der Waals surface area contributed by atoms with Gasteiger partial charge in [-0.15, -0.1) is 0 Å². The fourth-order valence-corrected chi connectivity index (χ4v) is 10.6. The lowest BCUT2D eigenvalue weighted by atomic mass is 9.43. The molecule has 5 nitrogen and oxygen atoms in total. The number of carbonyl (C=O) groups is 1. The molecule has 1 heterocycles. The molecule has 36 heavy (non-hydrogen) atoms. The second kappa shape index (κ2) is 8.05. The molecular formula is C31H50O5. The smallest absolute Gasteiger partial charge is 0.306 e. The average Bonchev–Trinajstić information content (AvgIpc) is 3.04. The molecule has 0 unspecified atom stereocenters. The van der Waals surface area contributed by atoms with E-state index < -0.39 is 23.6 Å². The summed E-state index contributed by atoms with van der Waals surface area (Å²) in [6, 6.07) is 0. The fourth-order valence-electron chi connectivity index (χ4n) is 10.6. The molecule has 2 saturated carbocycles. The molecule has 5 rings (SSSR count). The molecule has 3 N–H and O–H groups in total. The number of carboxylic acids is 1. The van der Waals surface area contributed by atoms with E-state index in [0.29, 0.717) is 18.3 Å². The first-order valence-electron chi connectivity index (χ1n) is 14.6. The Morgan fingerprint density at radius 1 is 1.03 bits per heavy atom. The van der Waals surface area contributed by atoms with Crippen LogP contribution in [0.3, 0.4) is 0 Å². The van der Waals surface area contributed by atoms with Crippen molar-refractivity contribution in [1.29, 1.82) is 0 Å². The highest BCUT2D eigenvalue weighted by Crippen LogP contribution is 2.74. The van der Waals surface area contributed by atoms with Crippen molar-refractivity contribution in [2.24, 2.45) is 51.2 Å². The largest absolute Gasteiger partial charge is 0.481 e. The molecule has 1 saturated heterocycles. The van der Waals surface area contributed by atoms with Gasteiger partial charge in [0.15, 0.2) is 5.79 Å². The van der Waals surface area contributed by atoms with Crippen LogP contribution in [0.2, 0.25) is 0 Å². The third kappa shape index (κ3) is 3.21. The third-order valence-corrected chi connectivity index (χ3v) is 13.3. The predicted molar refractivity (Wildman–Crippen MR) is 140 cm³/mol. The molecular weight excluding hydrogens is 452 g/mol. The molecule has 5 heteroatoms. The zero-order chi connectivity index (χ0) is 26.6. The van der Waals surface area contributed by atoms with Gasteiger partial charge in [-0.25, -0.2) is 0 Å². The van der Waals surface area contributed by atoms with Crippen LogP contribution >= 0.6 is 0 Å². The molecule has 0 spiro atoms. The van der Waals surface area contributed by atoms with E-state index in [1.807, 2.05) is 6.92 Å². The van der Waals surface area contributed by atoms with E-state index in [-0.39, 0.29) is 39.8 Å². The monoisotopic (exact) mass is 502 g/mol. The second-order valence-electron chi connectivity index (χ2n) is 14.9. The standard InChI is InChI=1S/C31H50O5/c1-17-16-31(35,19(3)18(2)26(33)34)36-25-15-22-21(29(7)14-11-20(17)30(25,29)8)9-10-23-27(4,5)24(32)12-13-28(22,23)6/h17-20,23-25,32,35H,9-16H2,1-8H3,(H,33,34)/t17-,18+,19-,20-,23+,24-,25-,28-,29+,30+,31+/m1/s1. The highest BCUT2D eigenvalue weighted by atomic mass is 16.6. The summed E-state index contributed by atoms with van der Waals surface area (Å²) in [5, 5.41) is 32.7. The Hall–Kier alpha value is -0.910. The van der Waals surface area contributed by atoms with Crippen molar-refractivity contribution in [3.63, 3.8) is 0 Å². The Morgan fingerprint density at radius 3 is 2.33 bits per heavy atom. The van der Waals surface area contributed by atoms with Gasteiger partial charge in [0.05, 0.1) is 18.1 Å². The van der Waals surface area contributed by atoms with Gasteiger partial charge in [0.2, 0.25) is 0 Å². The van der Waals surface area contributed by atoms with E-state index in [9.17, 15) is 20.1 Å². The molecule has 0 aromatic carbocycles. The van der Waals surface area contributed by atoms with Gasteiger partial charge in [0.1, 0.15) is 0 Å². The van der Waals surface area contributed by atoms with Crippen LogP contribution in [-0.2, 0) is 9.53 Å². The summed E-state index contributed by atoms with van der Waals surface area (Å²) in [5.41, 5.74) is 3.03. The fraction of sp³-hybridized carbons (Fsp3) is 0.903. The molecule has 0 aromatic rings. The summed E-state index contributed by atoms with van der Waals surface area (Å²) in [7, 11) is 0. The number of aliphatic hydroxyl groups is 2. The summed E-state index contributed by atoms with van der Waals surface area (Å²) in [5.74, 6) is -2.40. The summed E-state index contributed by atoms with van der Waals surface area (Å²) < 4.78 is 6.91. The molecule has 0 radical (unpaired) electrons. The average molecular weight is 503 g/mol. The molecule has 1 aliphatic heterocycles. The summed E-state index contributed by atoms with van der Waals surface area (Å²) >= 11 is 0. The first kappa shape index (κ1) is 26.7. The number of fused-ring (bicyclic) bond motifs is 3. The lowest BCUT2D eigenvalue weighted by Gasteiger charge is -2.63. The zero-order valence-corrected chi connectivity index (χ0v) is 23.9. The van der Waals surface area contributed by atoms with Crippen LogP contribution in [0.1, 0.15) is 107 Å². The summed E-state index contributed by atoms with van der Waals surface area (Å²) in [6.45, 7) is 17.7. The van der Waals surface area contributed by atoms with Gasteiger partial charge in [0, 0.05) is 17.8 Å². The number of aliphatic hydroxyl groups excluding tert-OH is 1. The Kier molecular flexibility index (Phi) is 5.97. The molecule has 5 aliphatic rings. The predicted octanol–water partition coefficient (Wildman–Crippen LogP) is 6.18. The molecule has 0 amide bonds. The number of ether oxygens (including phenoxy) is 1. The number of hydrogen-bond acceptors (Lipinski definition) is 4. The van der Waals surface area contributed by atoms with Crippen LogP contribution in [0, 0.1) is 51.2 Å². The van der Waals surface area contributed by atoms with Crippen LogP contribution in [0.15, 0.2) is 11.1 Å². The van der Waals surface area contributed by atoms with Gasteiger partial charge >= 0.3 is 5.97 Å². The van der Waals surface area contributed by atoms with Crippen molar-refractivity contribution in [2.45, 2.75) is 125 Å². The molecule has 0 aromatic heterocycles. The lowest BCUT2D eigenvalue weighted by Crippen LogP contribution is -2.59. The number of allylic oxidation sites excluding steroid dienone is 1. The minimum Gasteiger partial charge on any atom is -0.481 e. The minimum atomic E-state index is -1.45. The number of hydrogen-bond donors (Lipinski definition) is 3. The van der Waals surface area contributed by atoms with Crippen LogP contribution in [0.25, 0.3) is 0 Å². The Morgan fingerprint density at radius 2 is 1.69 bits per heavy atom. The second-order valence-corrected chi connectivity index (χ2v) is 14.9. The van der Waals surface area contributed by atoms with E-state index in [1.54, 1.807) is 18.1 Å². The minimum absolute atomic E-state index is 0.0191. The summed E-state index contributed by atoms with van der Waals surface area (Å²) in [6.07, 6.45) is 7.25. The van der Waals surface area contributed by atoms with Gasteiger partial charge in [-0.1, -0.05) is 66.5 Å². The quantitative estimate of drug-likeness (QED) is 0.401. The van der Waals surface area contributed by atoms with Crippen LogP contribution in [-0.4, -0.2) is 39.3 Å². The van der Waals surface area contributed by atoms with Crippen molar-refractivity contribution in [2.75, 3.05) is 0 Å². The number of rotatable bonds is 3. The maximum absolute atomic E-state index is 12.1. The van der Waals surface area contributed by atoms with E-state index in [0.717, 1.165) is 44.9 Å². The van der Waals surface area contributed by atoms with E-state index in [1.165, 1.54) is 0 Å². The van der Waals surface area contributed by atoms with E-state index in [4.69, 9.17) is 4.74 Å². The van der Waals surface area contributed by atoms with Crippen molar-refractivity contribution >= 4 is 5.97 Å². The first-order valence-corrected chi connectivity index (χ1v) is 14.6. The normalized spacial score (nSPS) is 51.4. The molecule has 204 valence electrons. The van der Waals surface area contributed by atoms with Gasteiger partial charge in [-0.05, 0) is 78.9 Å². The number of carboxylic acid groups (broad SMARTS) is 1. The van der Waals surface area contributed by atoms with Gasteiger partial charge in [0.25, 0.3) is 0 Å². The maximum Gasteiger partial charge on any atom is 0.306 e. The van der Waals surface area contributed by atoms with Crippen LogP contribution in [0.5, 0.6) is 0 Å². The highest BCUT2D eigenvalue weighted by molar-refractivity contribution is 5.70. The highest BCUT2D eigenvalue weighted by Gasteiger charge is 2.69. The number of aliphatic carboxylic acids is 1. The first-order chi connectivity index (χ1) is 16.5. The Labute approximate surface area is 218 Å². The SMILES string of the molecule is C[C@@H]1C[C@@](O)([C@H](C)[C@H](C)C(=O)O)O[C@@H]2CC3=C(CC[C@H]4C(C)(C)[C@H](O)CC[C@]34C)[C@]3(C)CC[C@H]1[C@@]23C. The van der Waals surface area contributed by atoms with Gasteiger partial charge in [-0.3, -0.25) is 4.79 Å². The van der Waals surface area contributed by atoms with Crippen LogP contribution < -0.4 is 0 Å². The molecule has 0 bridgehead atoms. The summed E-state index contributed by atoms with van der Waals surface area (Å²) in [4.78, 5) is 11.9. The molecule has 4 aliphatic carbocycles. The van der Waals surface area contributed by atoms with Gasteiger partial charge < -0.3 is 20.1 Å². The lowest BCUT2D eigenvalue weighted by molar-refractivity contribution is -0.286. The topological polar surface area (TPSA) is 87.0 Å². The van der Waals surface area contributed by atoms with Crippen molar-refractivity contribution < 1.29 is 24.9 Å². The van der Waals surface area contributed by atoms with E-state index in [2.05, 4.69) is 41.5 Å². The van der Waals surface area contributed by atoms with Crippen molar-refractivity contribution in [3.8, 4) is 0 Å². The van der Waals surface area contributed by atoms with Crippen LogP contribution in [0.4, 0.5) is 0 Å². The molecule has 11 atom stereocenters. The van der Waals surface area contributed by atoms with E-state index >= 15 is 0 Å². The Bertz CT molecular complexity index is 970. The zero-order valence-electron chi connectivity index (χ0n) is 23.9. The molecule has 3 fully saturated rings.